The standard InChI is InChI=1S/C39H58N8O5/c1-51-32-20-17-26(23-33(32)52-2)24-45-37(49)31(14-9-21-44-39(42)43)46-38(50)34(28-12-7-4-8-13-28)47-36(48)30(27-10-5-3-6-11-27)22-25-15-18-29(19-16-25)35(40)41/h15-20,23,27-28,30-31,34H,3-14,21-22,24H2,1-2H3,(H3,40,41)(H,45,49)(H,46,50)(H,47,48)(H4,42,43,44). The summed E-state index contributed by atoms with van der Waals surface area (Å²) in [6.45, 7) is 0.510. The Morgan fingerprint density at radius 2 is 1.40 bits per heavy atom. The van der Waals surface area contributed by atoms with E-state index in [1.165, 1.54) is 0 Å². The summed E-state index contributed by atoms with van der Waals surface area (Å²) in [5.41, 5.74) is 19.2. The summed E-state index contributed by atoms with van der Waals surface area (Å²) in [7, 11) is 3.11. The van der Waals surface area contributed by atoms with E-state index >= 15 is 0 Å². The zero-order valence-electron chi connectivity index (χ0n) is 30.8. The Hall–Kier alpha value is -4.81. The van der Waals surface area contributed by atoms with E-state index < -0.39 is 12.1 Å². The van der Waals surface area contributed by atoms with Crippen molar-refractivity contribution in [2.75, 3.05) is 20.8 Å². The van der Waals surface area contributed by atoms with Gasteiger partial charge in [-0.2, -0.15) is 0 Å². The molecule has 2 fully saturated rings. The molecule has 3 atom stereocenters. The molecule has 0 spiro atoms. The van der Waals surface area contributed by atoms with Crippen molar-refractivity contribution in [2.45, 2.75) is 102 Å². The van der Waals surface area contributed by atoms with E-state index in [0.717, 1.165) is 75.3 Å². The van der Waals surface area contributed by atoms with E-state index in [0.29, 0.717) is 42.9 Å². The number of guanidine groups is 1. The first-order valence-electron chi connectivity index (χ1n) is 18.7. The third-order valence-corrected chi connectivity index (χ3v) is 10.5. The van der Waals surface area contributed by atoms with Gasteiger partial charge in [0.05, 0.1) is 14.2 Å². The van der Waals surface area contributed by atoms with Crippen LogP contribution in [0, 0.1) is 23.2 Å². The summed E-state index contributed by atoms with van der Waals surface area (Å²) >= 11 is 0. The molecule has 0 aliphatic heterocycles. The first-order chi connectivity index (χ1) is 25.1. The van der Waals surface area contributed by atoms with Crippen molar-refractivity contribution in [1.82, 2.24) is 16.0 Å². The van der Waals surface area contributed by atoms with E-state index in [2.05, 4.69) is 20.9 Å². The van der Waals surface area contributed by atoms with Gasteiger partial charge in [0.1, 0.15) is 17.9 Å². The molecule has 0 bridgehead atoms. The highest BCUT2D eigenvalue weighted by molar-refractivity contribution is 5.95. The van der Waals surface area contributed by atoms with Crippen LogP contribution >= 0.6 is 0 Å². The summed E-state index contributed by atoms with van der Waals surface area (Å²) in [5, 5.41) is 16.9. The molecule has 13 nitrogen and oxygen atoms in total. The largest absolute Gasteiger partial charge is 0.493 e. The predicted molar refractivity (Wildman–Crippen MR) is 203 cm³/mol. The number of carbonyl (C=O) groups is 3. The van der Waals surface area contributed by atoms with Gasteiger partial charge in [-0.25, -0.2) is 0 Å². The highest BCUT2D eigenvalue weighted by atomic mass is 16.5. The Morgan fingerprint density at radius 1 is 0.788 bits per heavy atom. The van der Waals surface area contributed by atoms with Gasteiger partial charge in [-0.3, -0.25) is 24.8 Å². The van der Waals surface area contributed by atoms with Gasteiger partial charge < -0.3 is 42.6 Å². The maximum Gasteiger partial charge on any atom is 0.243 e. The van der Waals surface area contributed by atoms with Crippen molar-refractivity contribution in [3.05, 3.63) is 59.2 Å². The van der Waals surface area contributed by atoms with Crippen molar-refractivity contribution in [2.24, 2.45) is 39.9 Å². The number of rotatable bonds is 18. The second kappa shape index (κ2) is 20.3. The quantitative estimate of drug-likeness (QED) is 0.0684. The number of nitrogens with one attached hydrogen (secondary N) is 4. The van der Waals surface area contributed by atoms with Gasteiger partial charge in [0.15, 0.2) is 17.5 Å². The van der Waals surface area contributed by atoms with Crippen molar-refractivity contribution < 1.29 is 23.9 Å². The normalized spacial score (nSPS) is 16.8. The van der Waals surface area contributed by atoms with Crippen LogP contribution < -0.4 is 42.6 Å². The molecule has 13 heteroatoms. The number of nitrogens with zero attached hydrogens (tertiary/aromatic N) is 1. The summed E-state index contributed by atoms with van der Waals surface area (Å²) in [4.78, 5) is 46.4. The molecule has 2 aliphatic carbocycles. The topological polar surface area (TPSA) is 220 Å². The number of nitrogen functional groups attached to an aromatic ring is 1. The Balaban J connectivity index is 1.53. The van der Waals surface area contributed by atoms with E-state index in [-0.39, 0.29) is 53.8 Å². The molecule has 2 saturated carbocycles. The zero-order chi connectivity index (χ0) is 37.5. The van der Waals surface area contributed by atoms with Gasteiger partial charge >= 0.3 is 0 Å². The van der Waals surface area contributed by atoms with Gasteiger partial charge in [-0.15, -0.1) is 0 Å². The van der Waals surface area contributed by atoms with E-state index in [1.807, 2.05) is 30.3 Å². The van der Waals surface area contributed by atoms with Crippen LogP contribution in [0.4, 0.5) is 0 Å². The average Bonchev–Trinajstić information content (AvgIpc) is 3.16. The van der Waals surface area contributed by atoms with Crippen LogP contribution in [0.2, 0.25) is 0 Å². The third kappa shape index (κ3) is 11.9. The molecule has 0 saturated heterocycles. The lowest BCUT2D eigenvalue weighted by atomic mass is 9.76. The maximum absolute atomic E-state index is 14.3. The number of amidine groups is 1. The molecule has 3 amide bonds. The molecule has 0 aromatic heterocycles. The lowest BCUT2D eigenvalue weighted by Crippen LogP contribution is -2.57. The Labute approximate surface area is 307 Å². The number of hydrogen-bond acceptors (Lipinski definition) is 7. The molecule has 3 unspecified atom stereocenters. The number of amides is 3. The molecule has 284 valence electrons. The molecule has 2 aromatic rings. The minimum absolute atomic E-state index is 0.00125. The Kier molecular flexibility index (Phi) is 15.6. The summed E-state index contributed by atoms with van der Waals surface area (Å²) in [6.07, 6.45) is 11.2. The Morgan fingerprint density at radius 3 is 2.00 bits per heavy atom. The first-order valence-corrected chi connectivity index (χ1v) is 18.7. The molecule has 10 N–H and O–H groups in total. The summed E-state index contributed by atoms with van der Waals surface area (Å²) < 4.78 is 10.7. The van der Waals surface area contributed by atoms with Crippen molar-refractivity contribution in [1.29, 1.82) is 5.41 Å². The molecule has 4 rings (SSSR count). The Bertz CT molecular complexity index is 1520. The van der Waals surface area contributed by atoms with Crippen molar-refractivity contribution in [3.63, 3.8) is 0 Å². The fourth-order valence-corrected chi connectivity index (χ4v) is 7.55. The van der Waals surface area contributed by atoms with E-state index in [1.54, 1.807) is 26.4 Å². The summed E-state index contributed by atoms with van der Waals surface area (Å²) in [5.74, 6) is 0.0743. The monoisotopic (exact) mass is 718 g/mol. The average molecular weight is 719 g/mol. The SMILES string of the molecule is COc1ccc(CNC(=O)C(CCCN=C(N)N)NC(=O)C(NC(=O)C(Cc2ccc(C(=N)N)cc2)C2CCCCC2)C2CCCCC2)cc1OC. The number of carbonyl (C=O) groups excluding carboxylic acids is 3. The van der Waals surface area contributed by atoms with Crippen molar-refractivity contribution >= 4 is 29.5 Å². The number of nitrogens with two attached hydrogens (primary N) is 3. The van der Waals surface area contributed by atoms with Crippen LogP contribution in [0.5, 0.6) is 11.5 Å². The maximum atomic E-state index is 14.3. The second-order valence-electron chi connectivity index (χ2n) is 14.1. The molecule has 2 aliphatic rings. The number of hydrogen-bond donors (Lipinski definition) is 7. The van der Waals surface area contributed by atoms with E-state index in [9.17, 15) is 14.4 Å². The third-order valence-electron chi connectivity index (χ3n) is 10.5. The second-order valence-corrected chi connectivity index (χ2v) is 14.1. The molecule has 0 radical (unpaired) electrons. The molecule has 52 heavy (non-hydrogen) atoms. The number of ether oxygens (including phenoxy) is 2. The van der Waals surface area contributed by atoms with Crippen LogP contribution in [0.15, 0.2) is 47.5 Å². The lowest BCUT2D eigenvalue weighted by Gasteiger charge is -2.34. The molecule has 0 heterocycles. The fraction of sp³-hybridized carbons (Fsp3) is 0.564. The predicted octanol–water partition coefficient (Wildman–Crippen LogP) is 3.65. The van der Waals surface area contributed by atoms with Gasteiger partial charge in [0.2, 0.25) is 17.7 Å². The minimum atomic E-state index is -0.876. The van der Waals surface area contributed by atoms with Crippen LogP contribution in [0.25, 0.3) is 0 Å². The lowest BCUT2D eigenvalue weighted by molar-refractivity contribution is -0.135. The van der Waals surface area contributed by atoms with Crippen LogP contribution in [0.1, 0.15) is 93.7 Å². The fourth-order valence-electron chi connectivity index (χ4n) is 7.55. The number of benzene rings is 2. The van der Waals surface area contributed by atoms with Crippen LogP contribution in [-0.4, -0.2) is 62.4 Å². The number of aliphatic imine (C=N–C) groups is 1. The first kappa shape index (κ1) is 40.0. The molecule has 2 aromatic carbocycles. The molecular formula is C39H58N8O5. The van der Waals surface area contributed by atoms with Gasteiger partial charge in [-0.1, -0.05) is 68.9 Å². The molecular weight excluding hydrogens is 660 g/mol. The van der Waals surface area contributed by atoms with E-state index in [4.69, 9.17) is 32.1 Å². The summed E-state index contributed by atoms with van der Waals surface area (Å²) in [6, 6.07) is 11.2. The number of methoxy groups -OCH3 is 2. The van der Waals surface area contributed by atoms with Crippen LogP contribution in [-0.2, 0) is 27.3 Å². The van der Waals surface area contributed by atoms with Gasteiger partial charge in [0, 0.05) is 24.6 Å². The highest BCUT2D eigenvalue weighted by Crippen LogP contribution is 2.34. The van der Waals surface area contributed by atoms with Crippen molar-refractivity contribution in [3.8, 4) is 11.5 Å². The highest BCUT2D eigenvalue weighted by Gasteiger charge is 2.37. The van der Waals surface area contributed by atoms with Crippen LogP contribution in [0.3, 0.4) is 0 Å². The zero-order valence-corrected chi connectivity index (χ0v) is 30.8. The smallest absolute Gasteiger partial charge is 0.243 e. The van der Waals surface area contributed by atoms with Gasteiger partial charge in [0.25, 0.3) is 0 Å². The van der Waals surface area contributed by atoms with Gasteiger partial charge in [-0.05, 0) is 80.0 Å². The minimum Gasteiger partial charge on any atom is -0.493 e.